The summed E-state index contributed by atoms with van der Waals surface area (Å²) in [5, 5.41) is 2.95. The van der Waals surface area contributed by atoms with Gasteiger partial charge >= 0.3 is 0 Å². The van der Waals surface area contributed by atoms with Crippen LogP contribution in [0.25, 0.3) is 0 Å². The van der Waals surface area contributed by atoms with Crippen LogP contribution in [0.2, 0.25) is 0 Å². The molecule has 1 fully saturated rings. The van der Waals surface area contributed by atoms with Crippen LogP contribution < -0.4 is 15.8 Å². The van der Waals surface area contributed by atoms with Crippen LogP contribution in [0, 0.1) is 12.8 Å². The zero-order valence-electron chi connectivity index (χ0n) is 19.5. The Kier molecular flexibility index (Phi) is 7.60. The molecule has 6 heteroatoms. The van der Waals surface area contributed by atoms with E-state index in [1.54, 1.807) is 12.1 Å². The van der Waals surface area contributed by atoms with Crippen LogP contribution in [0.15, 0.2) is 72.8 Å². The highest BCUT2D eigenvalue weighted by Gasteiger charge is 2.23. The number of primary amides is 1. The fourth-order valence-electron chi connectivity index (χ4n) is 4.28. The number of amides is 2. The Morgan fingerprint density at radius 2 is 1.82 bits per heavy atom. The predicted molar refractivity (Wildman–Crippen MR) is 134 cm³/mol. The molecule has 4 rings (SSSR count). The summed E-state index contributed by atoms with van der Waals surface area (Å²) >= 11 is 0. The van der Waals surface area contributed by atoms with Crippen LogP contribution in [0.1, 0.15) is 39.9 Å². The largest absolute Gasteiger partial charge is 0.489 e. The number of nitrogens with zero attached hydrogens (tertiary/aromatic N) is 1. The van der Waals surface area contributed by atoms with E-state index >= 15 is 0 Å². The van der Waals surface area contributed by atoms with Gasteiger partial charge in [0.1, 0.15) is 12.4 Å². The summed E-state index contributed by atoms with van der Waals surface area (Å²) in [6.45, 7) is 4.93. The van der Waals surface area contributed by atoms with Gasteiger partial charge in [0.15, 0.2) is 0 Å². The van der Waals surface area contributed by atoms with Gasteiger partial charge in [0.2, 0.25) is 5.91 Å². The highest BCUT2D eigenvalue weighted by Crippen LogP contribution is 2.20. The van der Waals surface area contributed by atoms with Gasteiger partial charge in [-0.05, 0) is 67.8 Å². The lowest BCUT2D eigenvalue weighted by Gasteiger charge is -2.31. The molecule has 1 unspecified atom stereocenters. The van der Waals surface area contributed by atoms with Crippen molar-refractivity contribution in [2.75, 3.05) is 18.4 Å². The third kappa shape index (κ3) is 6.45. The van der Waals surface area contributed by atoms with Crippen LogP contribution in [-0.2, 0) is 17.9 Å². The molecule has 0 saturated carbocycles. The van der Waals surface area contributed by atoms with Gasteiger partial charge in [-0.2, -0.15) is 0 Å². The lowest BCUT2D eigenvalue weighted by molar-refractivity contribution is -0.123. The second-order valence-electron chi connectivity index (χ2n) is 8.93. The Balaban J connectivity index is 1.32. The van der Waals surface area contributed by atoms with Crippen molar-refractivity contribution in [1.29, 1.82) is 0 Å². The smallest absolute Gasteiger partial charge is 0.255 e. The zero-order valence-corrected chi connectivity index (χ0v) is 19.5. The average Bonchev–Trinajstić information content (AvgIpc) is 2.84. The van der Waals surface area contributed by atoms with E-state index in [-0.39, 0.29) is 17.7 Å². The second kappa shape index (κ2) is 11.0. The lowest BCUT2D eigenvalue weighted by atomic mass is 9.97. The number of anilines is 1. The van der Waals surface area contributed by atoms with Crippen molar-refractivity contribution in [3.05, 3.63) is 95.1 Å². The number of nitrogens with two attached hydrogens (primary N) is 1. The van der Waals surface area contributed by atoms with Crippen molar-refractivity contribution in [2.45, 2.75) is 32.9 Å². The van der Waals surface area contributed by atoms with Gasteiger partial charge in [0.05, 0.1) is 5.92 Å². The number of hydrogen-bond donors (Lipinski definition) is 2. The van der Waals surface area contributed by atoms with E-state index in [1.807, 2.05) is 61.5 Å². The summed E-state index contributed by atoms with van der Waals surface area (Å²) in [6, 6.07) is 23.2. The van der Waals surface area contributed by atoms with Gasteiger partial charge < -0.3 is 15.8 Å². The molecule has 1 aliphatic heterocycles. The molecule has 3 aromatic carbocycles. The highest BCUT2D eigenvalue weighted by atomic mass is 16.5. The van der Waals surface area contributed by atoms with Gasteiger partial charge in [-0.1, -0.05) is 48.0 Å². The minimum atomic E-state index is -0.215. The molecule has 0 aromatic heterocycles. The van der Waals surface area contributed by atoms with Gasteiger partial charge in [-0.3, -0.25) is 14.5 Å². The number of carbonyl (C=O) groups is 2. The van der Waals surface area contributed by atoms with Crippen molar-refractivity contribution < 1.29 is 14.3 Å². The van der Waals surface area contributed by atoms with Crippen LogP contribution in [-0.4, -0.2) is 29.8 Å². The van der Waals surface area contributed by atoms with E-state index in [0.717, 1.165) is 42.7 Å². The summed E-state index contributed by atoms with van der Waals surface area (Å²) in [7, 11) is 0. The Bertz CT molecular complexity index is 1140. The Hall–Kier alpha value is -3.64. The maximum atomic E-state index is 12.8. The molecule has 1 heterocycles. The number of carbonyl (C=O) groups excluding carboxylic acids is 2. The summed E-state index contributed by atoms with van der Waals surface area (Å²) in [5.41, 5.74) is 10.2. The molecule has 3 aromatic rings. The van der Waals surface area contributed by atoms with Crippen molar-refractivity contribution in [3.63, 3.8) is 0 Å². The molecule has 0 spiro atoms. The Morgan fingerprint density at radius 1 is 1.03 bits per heavy atom. The average molecular weight is 458 g/mol. The molecule has 1 atom stereocenters. The van der Waals surface area contributed by atoms with Crippen molar-refractivity contribution >= 4 is 17.5 Å². The topological polar surface area (TPSA) is 84.7 Å². The van der Waals surface area contributed by atoms with E-state index in [0.29, 0.717) is 24.5 Å². The normalized spacial score (nSPS) is 16.1. The summed E-state index contributed by atoms with van der Waals surface area (Å²) < 4.78 is 5.88. The van der Waals surface area contributed by atoms with Crippen LogP contribution in [0.4, 0.5) is 5.69 Å². The molecular formula is C28H31N3O3. The summed E-state index contributed by atoms with van der Waals surface area (Å²) in [4.78, 5) is 26.5. The first kappa shape index (κ1) is 23.5. The van der Waals surface area contributed by atoms with Gasteiger partial charge in [-0.25, -0.2) is 0 Å². The molecule has 1 aliphatic rings. The Labute approximate surface area is 200 Å². The van der Waals surface area contributed by atoms with Crippen molar-refractivity contribution in [3.8, 4) is 5.75 Å². The molecule has 2 amide bonds. The summed E-state index contributed by atoms with van der Waals surface area (Å²) in [5.74, 6) is 0.186. The zero-order chi connectivity index (χ0) is 23.9. The van der Waals surface area contributed by atoms with Crippen LogP contribution in [0.3, 0.4) is 0 Å². The quantitative estimate of drug-likeness (QED) is 0.521. The first-order valence-electron chi connectivity index (χ1n) is 11.7. The third-order valence-electron chi connectivity index (χ3n) is 6.11. The van der Waals surface area contributed by atoms with E-state index in [1.165, 1.54) is 5.56 Å². The number of aryl methyl sites for hydroxylation is 1. The molecule has 0 bridgehead atoms. The molecule has 0 radical (unpaired) electrons. The molecule has 1 saturated heterocycles. The molecule has 6 nitrogen and oxygen atoms in total. The van der Waals surface area contributed by atoms with Crippen LogP contribution in [0.5, 0.6) is 5.75 Å². The second-order valence-corrected chi connectivity index (χ2v) is 8.93. The first-order valence-corrected chi connectivity index (χ1v) is 11.7. The molecule has 34 heavy (non-hydrogen) atoms. The number of hydrogen-bond acceptors (Lipinski definition) is 4. The maximum Gasteiger partial charge on any atom is 0.255 e. The number of nitrogens with one attached hydrogen (secondary N) is 1. The van der Waals surface area contributed by atoms with Gasteiger partial charge in [-0.15, -0.1) is 0 Å². The standard InChI is InChI=1S/C28H31N3O3/c1-20-5-2-6-22(15-20)19-34-26-9-3-7-23(16-26)28(33)30-25-12-10-21(11-13-25)17-31-14-4-8-24(18-31)27(29)32/h2-3,5-7,9-13,15-16,24H,4,8,14,17-19H2,1H3,(H2,29,32)(H,30,33). The first-order chi connectivity index (χ1) is 16.5. The lowest BCUT2D eigenvalue weighted by Crippen LogP contribution is -2.40. The summed E-state index contributed by atoms with van der Waals surface area (Å²) in [6.07, 6.45) is 1.85. The minimum Gasteiger partial charge on any atom is -0.489 e. The monoisotopic (exact) mass is 457 g/mol. The fraction of sp³-hybridized carbons (Fsp3) is 0.286. The van der Waals surface area contributed by atoms with E-state index in [9.17, 15) is 9.59 Å². The van der Waals surface area contributed by atoms with Crippen molar-refractivity contribution in [1.82, 2.24) is 4.90 Å². The van der Waals surface area contributed by atoms with E-state index < -0.39 is 0 Å². The maximum absolute atomic E-state index is 12.8. The molecule has 176 valence electrons. The number of likely N-dealkylation sites (tertiary alicyclic amines) is 1. The minimum absolute atomic E-state index is 0.0659. The van der Waals surface area contributed by atoms with E-state index in [2.05, 4.69) is 16.3 Å². The number of ether oxygens (including phenoxy) is 1. The molecular weight excluding hydrogens is 426 g/mol. The number of rotatable bonds is 8. The van der Waals surface area contributed by atoms with Crippen LogP contribution >= 0.6 is 0 Å². The predicted octanol–water partition coefficient (Wildman–Crippen LogP) is 4.52. The number of benzene rings is 3. The number of piperidine rings is 1. The van der Waals surface area contributed by atoms with E-state index in [4.69, 9.17) is 10.5 Å². The molecule has 3 N–H and O–H groups in total. The SMILES string of the molecule is Cc1cccc(COc2cccc(C(=O)Nc3ccc(CN4CCCC(C(N)=O)C4)cc3)c2)c1. The fourth-order valence-corrected chi connectivity index (χ4v) is 4.28. The molecule has 0 aliphatic carbocycles. The Morgan fingerprint density at radius 3 is 2.59 bits per heavy atom. The van der Waals surface area contributed by atoms with Crippen molar-refractivity contribution in [2.24, 2.45) is 11.7 Å². The third-order valence-corrected chi connectivity index (χ3v) is 6.11. The highest BCUT2D eigenvalue weighted by molar-refractivity contribution is 6.04. The van der Waals surface area contributed by atoms with Gasteiger partial charge in [0, 0.05) is 24.3 Å². The van der Waals surface area contributed by atoms with Gasteiger partial charge in [0.25, 0.3) is 5.91 Å².